The van der Waals surface area contributed by atoms with Crippen LogP contribution in [0.15, 0.2) is 47.9 Å². The van der Waals surface area contributed by atoms with Gasteiger partial charge in [-0.15, -0.1) is 10.2 Å². The minimum absolute atomic E-state index is 0.0316. The lowest BCUT2D eigenvalue weighted by Gasteiger charge is -2.23. The third kappa shape index (κ3) is 4.71. The van der Waals surface area contributed by atoms with Gasteiger partial charge >= 0.3 is 0 Å². The number of aryl methyl sites for hydroxylation is 2. The van der Waals surface area contributed by atoms with Crippen molar-refractivity contribution in [1.82, 2.24) is 24.6 Å². The van der Waals surface area contributed by atoms with Gasteiger partial charge in [0.1, 0.15) is 0 Å². The zero-order valence-corrected chi connectivity index (χ0v) is 19.9. The Morgan fingerprint density at radius 3 is 2.72 bits per heavy atom. The molecule has 1 amide bonds. The summed E-state index contributed by atoms with van der Waals surface area (Å²) in [6, 6.07) is 9.65. The third-order valence-electron chi connectivity index (χ3n) is 5.62. The van der Waals surface area contributed by atoms with Crippen molar-refractivity contribution in [3.05, 3.63) is 53.9 Å². The topological polar surface area (TPSA) is 98.1 Å². The lowest BCUT2D eigenvalue weighted by atomic mass is 10.1. The van der Waals surface area contributed by atoms with Crippen LogP contribution < -0.4 is 0 Å². The van der Waals surface area contributed by atoms with Crippen LogP contribution in [-0.2, 0) is 14.6 Å². The molecule has 1 aliphatic heterocycles. The minimum atomic E-state index is -3.05. The van der Waals surface area contributed by atoms with E-state index in [1.54, 1.807) is 24.3 Å². The summed E-state index contributed by atoms with van der Waals surface area (Å²) in [6.07, 6.45) is 3.92. The average Bonchev–Trinajstić information content (AvgIpc) is 3.35. The molecule has 0 saturated carbocycles. The van der Waals surface area contributed by atoms with E-state index in [-0.39, 0.29) is 29.2 Å². The Balaban J connectivity index is 1.61. The largest absolute Gasteiger partial charge is 0.341 e. The van der Waals surface area contributed by atoms with E-state index in [4.69, 9.17) is 0 Å². The van der Waals surface area contributed by atoms with E-state index < -0.39 is 9.84 Å². The molecule has 4 rings (SSSR count). The molecule has 0 aliphatic carbocycles. The van der Waals surface area contributed by atoms with Gasteiger partial charge in [-0.2, -0.15) is 0 Å². The highest BCUT2D eigenvalue weighted by atomic mass is 32.2. The van der Waals surface area contributed by atoms with Gasteiger partial charge in [-0.3, -0.25) is 14.3 Å². The number of carbonyl (C=O) groups excluding carboxylic acids is 1. The number of hydrogen-bond acceptors (Lipinski definition) is 7. The van der Waals surface area contributed by atoms with Crippen molar-refractivity contribution in [2.75, 3.05) is 24.3 Å². The Morgan fingerprint density at radius 1 is 1.25 bits per heavy atom. The van der Waals surface area contributed by atoms with Crippen molar-refractivity contribution in [3.63, 3.8) is 0 Å². The van der Waals surface area contributed by atoms with Gasteiger partial charge in [0, 0.05) is 31.0 Å². The lowest BCUT2D eigenvalue weighted by molar-refractivity contribution is -0.128. The van der Waals surface area contributed by atoms with Crippen LogP contribution >= 0.6 is 11.8 Å². The zero-order valence-electron chi connectivity index (χ0n) is 18.2. The molecule has 1 aromatic carbocycles. The van der Waals surface area contributed by atoms with E-state index in [9.17, 15) is 13.2 Å². The Labute approximate surface area is 192 Å². The standard InChI is InChI=1S/C22H25N5O3S2/c1-15-6-7-19(16(2)11-15)27-21(17-5-4-9-23-12-17)24-25-22(27)31-13-20(28)26(3)18-8-10-32(29,30)14-18/h4-7,9,11-12,18H,8,10,13-14H2,1-3H3/t18-/m0/s1. The maximum Gasteiger partial charge on any atom is 0.233 e. The molecular weight excluding hydrogens is 446 g/mol. The number of pyridine rings is 1. The van der Waals surface area contributed by atoms with E-state index in [1.165, 1.54) is 11.8 Å². The summed E-state index contributed by atoms with van der Waals surface area (Å²) < 4.78 is 25.5. The highest BCUT2D eigenvalue weighted by molar-refractivity contribution is 7.99. The second-order valence-corrected chi connectivity index (χ2v) is 11.2. The van der Waals surface area contributed by atoms with Gasteiger partial charge in [0.2, 0.25) is 5.91 Å². The molecule has 168 valence electrons. The molecule has 2 aromatic heterocycles. The SMILES string of the molecule is Cc1ccc(-n2c(SCC(=O)N(C)[C@H]3CCS(=O)(=O)C3)nnc2-c2cccnc2)c(C)c1. The molecule has 10 heteroatoms. The average molecular weight is 472 g/mol. The third-order valence-corrected chi connectivity index (χ3v) is 8.28. The van der Waals surface area contributed by atoms with E-state index in [2.05, 4.69) is 21.2 Å². The van der Waals surface area contributed by atoms with Crippen molar-refractivity contribution >= 4 is 27.5 Å². The normalized spacial score (nSPS) is 17.4. The Kier molecular flexibility index (Phi) is 6.34. The molecular formula is C22H25N5O3S2. The summed E-state index contributed by atoms with van der Waals surface area (Å²) in [5.74, 6) is 0.829. The van der Waals surface area contributed by atoms with Crippen molar-refractivity contribution in [2.24, 2.45) is 0 Å². The Bertz CT molecular complexity index is 1240. The number of rotatable bonds is 6. The first kappa shape index (κ1) is 22.5. The molecule has 0 bridgehead atoms. The van der Waals surface area contributed by atoms with Crippen molar-refractivity contribution in [1.29, 1.82) is 0 Å². The monoisotopic (exact) mass is 471 g/mol. The number of aromatic nitrogens is 4. The second kappa shape index (κ2) is 9.03. The molecule has 0 N–H and O–H groups in total. The predicted octanol–water partition coefficient (Wildman–Crippen LogP) is 2.68. The van der Waals surface area contributed by atoms with Crippen LogP contribution in [-0.4, -0.2) is 69.3 Å². The molecule has 1 aliphatic rings. The minimum Gasteiger partial charge on any atom is -0.341 e. The molecule has 1 saturated heterocycles. The van der Waals surface area contributed by atoms with Crippen LogP contribution in [0.25, 0.3) is 17.1 Å². The van der Waals surface area contributed by atoms with Crippen molar-refractivity contribution in [2.45, 2.75) is 31.5 Å². The fourth-order valence-electron chi connectivity index (χ4n) is 3.83. The van der Waals surface area contributed by atoms with E-state index in [0.29, 0.717) is 17.4 Å². The predicted molar refractivity (Wildman–Crippen MR) is 125 cm³/mol. The van der Waals surface area contributed by atoms with Gasteiger partial charge in [0.05, 0.1) is 22.9 Å². The van der Waals surface area contributed by atoms with Gasteiger partial charge < -0.3 is 4.90 Å². The van der Waals surface area contributed by atoms with E-state index in [0.717, 1.165) is 22.4 Å². The summed E-state index contributed by atoms with van der Waals surface area (Å²) in [5.41, 5.74) is 3.98. The molecule has 0 radical (unpaired) electrons. The number of thioether (sulfide) groups is 1. The first-order chi connectivity index (χ1) is 15.2. The first-order valence-corrected chi connectivity index (χ1v) is 13.1. The Hall–Kier alpha value is -2.72. The van der Waals surface area contributed by atoms with Crippen molar-refractivity contribution < 1.29 is 13.2 Å². The fraction of sp³-hybridized carbons (Fsp3) is 0.364. The number of benzene rings is 1. The molecule has 32 heavy (non-hydrogen) atoms. The lowest BCUT2D eigenvalue weighted by Crippen LogP contribution is -2.38. The van der Waals surface area contributed by atoms with Crippen LogP contribution in [0.3, 0.4) is 0 Å². The number of hydrogen-bond donors (Lipinski definition) is 0. The second-order valence-electron chi connectivity index (χ2n) is 8.02. The Morgan fingerprint density at radius 2 is 2.06 bits per heavy atom. The summed E-state index contributed by atoms with van der Waals surface area (Å²) in [4.78, 5) is 18.5. The molecule has 3 aromatic rings. The molecule has 8 nitrogen and oxygen atoms in total. The quantitative estimate of drug-likeness (QED) is 0.510. The van der Waals surface area contributed by atoms with Gasteiger partial charge in [-0.1, -0.05) is 29.5 Å². The van der Waals surface area contributed by atoms with Crippen LogP contribution in [0.4, 0.5) is 0 Å². The summed E-state index contributed by atoms with van der Waals surface area (Å²) >= 11 is 1.29. The molecule has 1 fully saturated rings. The maximum absolute atomic E-state index is 12.8. The van der Waals surface area contributed by atoms with Crippen molar-refractivity contribution in [3.8, 4) is 17.1 Å². The number of sulfone groups is 1. The first-order valence-electron chi connectivity index (χ1n) is 10.3. The van der Waals surface area contributed by atoms with E-state index in [1.807, 2.05) is 42.7 Å². The summed E-state index contributed by atoms with van der Waals surface area (Å²) in [5, 5.41) is 9.35. The maximum atomic E-state index is 12.8. The van der Waals surface area contributed by atoms with Gasteiger partial charge in [0.25, 0.3) is 0 Å². The molecule has 1 atom stereocenters. The smallest absolute Gasteiger partial charge is 0.233 e. The van der Waals surface area contributed by atoms with Crippen LogP contribution in [0.5, 0.6) is 0 Å². The number of nitrogens with zero attached hydrogens (tertiary/aromatic N) is 5. The molecule has 3 heterocycles. The zero-order chi connectivity index (χ0) is 22.9. The highest BCUT2D eigenvalue weighted by Crippen LogP contribution is 2.30. The summed E-state index contributed by atoms with van der Waals surface area (Å²) in [6.45, 7) is 4.07. The van der Waals surface area contributed by atoms with E-state index >= 15 is 0 Å². The number of amides is 1. The van der Waals surface area contributed by atoms with Gasteiger partial charge in [-0.25, -0.2) is 8.42 Å². The van der Waals surface area contributed by atoms with Crippen LogP contribution in [0.2, 0.25) is 0 Å². The fourth-order valence-corrected chi connectivity index (χ4v) is 6.47. The van der Waals surface area contributed by atoms with Gasteiger partial charge in [-0.05, 0) is 44.0 Å². The highest BCUT2D eigenvalue weighted by Gasteiger charge is 2.32. The van der Waals surface area contributed by atoms with Crippen LogP contribution in [0, 0.1) is 13.8 Å². The number of carbonyl (C=O) groups is 1. The molecule has 0 unspecified atom stereocenters. The van der Waals surface area contributed by atoms with Gasteiger partial charge in [0.15, 0.2) is 20.8 Å². The summed E-state index contributed by atoms with van der Waals surface area (Å²) in [7, 11) is -1.38. The van der Waals surface area contributed by atoms with Crippen LogP contribution in [0.1, 0.15) is 17.5 Å². The molecule has 0 spiro atoms.